The summed E-state index contributed by atoms with van der Waals surface area (Å²) in [5.41, 5.74) is 0.536. The molecule has 3 heteroatoms. The third-order valence-corrected chi connectivity index (χ3v) is 3.82. The van der Waals surface area contributed by atoms with Crippen molar-refractivity contribution in [3.8, 4) is 5.75 Å². The van der Waals surface area contributed by atoms with E-state index in [-0.39, 0.29) is 24.3 Å². The maximum atomic E-state index is 13.7. The van der Waals surface area contributed by atoms with E-state index in [2.05, 4.69) is 6.92 Å². The van der Waals surface area contributed by atoms with Crippen molar-refractivity contribution in [3.05, 3.63) is 29.6 Å². The van der Waals surface area contributed by atoms with Crippen LogP contribution in [-0.4, -0.2) is 11.2 Å². The lowest BCUT2D eigenvalue weighted by molar-refractivity contribution is 0.114. The van der Waals surface area contributed by atoms with Crippen LogP contribution in [0.5, 0.6) is 5.75 Å². The fraction of sp³-hybridized carbons (Fsp3) is 0.600. The molecule has 2 nitrogen and oxygen atoms in total. The second kappa shape index (κ2) is 6.19. The average molecular weight is 252 g/mol. The Morgan fingerprint density at radius 2 is 2.22 bits per heavy atom. The van der Waals surface area contributed by atoms with Crippen molar-refractivity contribution < 1.29 is 14.2 Å². The quantitative estimate of drug-likeness (QED) is 0.886. The molecule has 0 amide bonds. The SMILES string of the molecule is CCC1CCCC(Oc2c(F)cccc2CO)C1. The highest BCUT2D eigenvalue weighted by molar-refractivity contribution is 5.34. The van der Waals surface area contributed by atoms with Crippen molar-refractivity contribution >= 4 is 0 Å². The molecule has 18 heavy (non-hydrogen) atoms. The summed E-state index contributed by atoms with van der Waals surface area (Å²) >= 11 is 0. The monoisotopic (exact) mass is 252 g/mol. The van der Waals surface area contributed by atoms with Crippen LogP contribution in [0.25, 0.3) is 0 Å². The number of ether oxygens (including phenoxy) is 1. The number of benzene rings is 1. The van der Waals surface area contributed by atoms with Gasteiger partial charge in [0.05, 0.1) is 12.7 Å². The minimum atomic E-state index is -0.375. The minimum absolute atomic E-state index is 0.0888. The van der Waals surface area contributed by atoms with E-state index in [1.165, 1.54) is 12.5 Å². The molecule has 1 saturated carbocycles. The van der Waals surface area contributed by atoms with Gasteiger partial charge in [-0.1, -0.05) is 31.9 Å². The number of hydrogen-bond acceptors (Lipinski definition) is 2. The van der Waals surface area contributed by atoms with Crippen LogP contribution in [0.15, 0.2) is 18.2 Å². The van der Waals surface area contributed by atoms with E-state index in [1.807, 2.05) is 0 Å². The van der Waals surface area contributed by atoms with Gasteiger partial charge < -0.3 is 9.84 Å². The summed E-state index contributed by atoms with van der Waals surface area (Å²) in [6, 6.07) is 4.69. The van der Waals surface area contributed by atoms with Crippen LogP contribution in [0.3, 0.4) is 0 Å². The Hall–Kier alpha value is -1.09. The first-order chi connectivity index (χ1) is 8.74. The maximum absolute atomic E-state index is 13.7. The molecule has 0 bridgehead atoms. The largest absolute Gasteiger partial charge is 0.487 e. The third-order valence-electron chi connectivity index (χ3n) is 3.82. The second-order valence-corrected chi connectivity index (χ2v) is 5.07. The van der Waals surface area contributed by atoms with Gasteiger partial charge in [0.25, 0.3) is 0 Å². The van der Waals surface area contributed by atoms with Gasteiger partial charge in [-0.15, -0.1) is 0 Å². The first-order valence-electron chi connectivity index (χ1n) is 6.79. The highest BCUT2D eigenvalue weighted by Gasteiger charge is 2.23. The number of aliphatic hydroxyl groups excluding tert-OH is 1. The lowest BCUT2D eigenvalue weighted by Gasteiger charge is -2.29. The van der Waals surface area contributed by atoms with Crippen LogP contribution in [0, 0.1) is 11.7 Å². The molecular formula is C15H21FO2. The number of hydrogen-bond donors (Lipinski definition) is 1. The first kappa shape index (κ1) is 13.3. The van der Waals surface area contributed by atoms with Gasteiger partial charge in [-0.05, 0) is 31.2 Å². The van der Waals surface area contributed by atoms with Crippen molar-refractivity contribution in [1.29, 1.82) is 0 Å². The molecule has 0 saturated heterocycles. The Labute approximate surface area is 108 Å². The Morgan fingerprint density at radius 1 is 1.39 bits per heavy atom. The minimum Gasteiger partial charge on any atom is -0.487 e. The molecule has 1 aromatic carbocycles. The van der Waals surface area contributed by atoms with Crippen molar-refractivity contribution in [3.63, 3.8) is 0 Å². The summed E-state index contributed by atoms with van der Waals surface area (Å²) in [5, 5.41) is 9.22. The predicted molar refractivity (Wildman–Crippen MR) is 69.0 cm³/mol. The molecule has 1 N–H and O–H groups in total. The smallest absolute Gasteiger partial charge is 0.165 e. The van der Waals surface area contributed by atoms with Crippen molar-refractivity contribution in [1.82, 2.24) is 0 Å². The van der Waals surface area contributed by atoms with Crippen LogP contribution in [0.1, 0.15) is 44.6 Å². The average Bonchev–Trinajstić information content (AvgIpc) is 2.41. The van der Waals surface area contributed by atoms with E-state index < -0.39 is 0 Å². The molecule has 100 valence electrons. The highest BCUT2D eigenvalue weighted by Crippen LogP contribution is 2.32. The lowest BCUT2D eigenvalue weighted by atomic mass is 9.85. The molecule has 0 spiro atoms. The standard InChI is InChI=1S/C15H21FO2/c1-2-11-5-3-7-13(9-11)18-15-12(10-17)6-4-8-14(15)16/h4,6,8,11,13,17H,2-3,5,7,9-10H2,1H3. The molecule has 2 atom stereocenters. The zero-order valence-electron chi connectivity index (χ0n) is 10.9. The van der Waals surface area contributed by atoms with E-state index in [0.717, 1.165) is 25.7 Å². The van der Waals surface area contributed by atoms with E-state index in [1.54, 1.807) is 12.1 Å². The number of rotatable bonds is 4. The Balaban J connectivity index is 2.09. The van der Waals surface area contributed by atoms with E-state index in [4.69, 9.17) is 4.74 Å². The predicted octanol–water partition coefficient (Wildman–Crippen LogP) is 3.67. The molecule has 0 heterocycles. The molecule has 0 aliphatic heterocycles. The van der Waals surface area contributed by atoms with Crippen molar-refractivity contribution in [2.75, 3.05) is 0 Å². The summed E-state index contributed by atoms with van der Waals surface area (Å²) in [7, 11) is 0. The Bertz CT molecular complexity index is 392. The van der Waals surface area contributed by atoms with E-state index in [0.29, 0.717) is 11.5 Å². The molecule has 2 unspecified atom stereocenters. The van der Waals surface area contributed by atoms with Gasteiger partial charge in [0.1, 0.15) is 0 Å². The van der Waals surface area contributed by atoms with Gasteiger partial charge in [-0.3, -0.25) is 0 Å². The molecule has 1 fully saturated rings. The summed E-state index contributed by atoms with van der Waals surface area (Å²) in [5.74, 6) is 0.551. The van der Waals surface area contributed by atoms with Crippen LogP contribution in [0.2, 0.25) is 0 Å². The fourth-order valence-corrected chi connectivity index (χ4v) is 2.70. The molecule has 2 rings (SSSR count). The highest BCUT2D eigenvalue weighted by atomic mass is 19.1. The van der Waals surface area contributed by atoms with Gasteiger partial charge in [0, 0.05) is 5.56 Å². The van der Waals surface area contributed by atoms with Gasteiger partial charge in [-0.2, -0.15) is 0 Å². The van der Waals surface area contributed by atoms with Gasteiger partial charge in [0.15, 0.2) is 11.6 Å². The molecular weight excluding hydrogens is 231 g/mol. The zero-order chi connectivity index (χ0) is 13.0. The topological polar surface area (TPSA) is 29.5 Å². The van der Waals surface area contributed by atoms with Gasteiger partial charge in [-0.25, -0.2) is 4.39 Å². The van der Waals surface area contributed by atoms with Crippen LogP contribution >= 0.6 is 0 Å². The summed E-state index contributed by atoms with van der Waals surface area (Å²) in [6.45, 7) is 2.01. The zero-order valence-corrected chi connectivity index (χ0v) is 10.9. The summed E-state index contributed by atoms with van der Waals surface area (Å²) in [4.78, 5) is 0. The second-order valence-electron chi connectivity index (χ2n) is 5.07. The van der Waals surface area contributed by atoms with Crippen LogP contribution in [-0.2, 0) is 6.61 Å². The lowest BCUT2D eigenvalue weighted by Crippen LogP contribution is -2.25. The number of halogens is 1. The van der Waals surface area contributed by atoms with Crippen LogP contribution in [0.4, 0.5) is 4.39 Å². The Kier molecular flexibility index (Phi) is 4.59. The molecule has 0 aromatic heterocycles. The molecule has 1 aliphatic carbocycles. The van der Waals surface area contributed by atoms with Crippen molar-refractivity contribution in [2.45, 2.75) is 51.7 Å². The van der Waals surface area contributed by atoms with Gasteiger partial charge in [0.2, 0.25) is 0 Å². The third kappa shape index (κ3) is 3.02. The summed E-state index contributed by atoms with van der Waals surface area (Å²) in [6.07, 6.45) is 5.62. The number of aliphatic hydroxyl groups is 1. The van der Waals surface area contributed by atoms with E-state index >= 15 is 0 Å². The fourth-order valence-electron chi connectivity index (χ4n) is 2.70. The first-order valence-corrected chi connectivity index (χ1v) is 6.79. The number of para-hydroxylation sites is 1. The van der Waals surface area contributed by atoms with E-state index in [9.17, 15) is 9.50 Å². The normalized spacial score (nSPS) is 23.9. The summed E-state index contributed by atoms with van der Waals surface area (Å²) < 4.78 is 19.5. The Morgan fingerprint density at radius 3 is 2.94 bits per heavy atom. The van der Waals surface area contributed by atoms with Crippen molar-refractivity contribution in [2.24, 2.45) is 5.92 Å². The maximum Gasteiger partial charge on any atom is 0.165 e. The molecule has 0 radical (unpaired) electrons. The molecule has 1 aromatic rings. The van der Waals surface area contributed by atoms with Gasteiger partial charge >= 0.3 is 0 Å². The molecule has 1 aliphatic rings. The van der Waals surface area contributed by atoms with Crippen LogP contribution < -0.4 is 4.74 Å².